The van der Waals surface area contributed by atoms with Crippen LogP contribution in [0.5, 0.6) is 0 Å². The molecule has 0 spiro atoms. The lowest BCUT2D eigenvalue weighted by molar-refractivity contribution is 0.542. The summed E-state index contributed by atoms with van der Waals surface area (Å²) in [5.74, 6) is 0.784. The zero-order valence-corrected chi connectivity index (χ0v) is 8.71. The van der Waals surface area contributed by atoms with Crippen molar-refractivity contribution in [3.05, 3.63) is 40.8 Å². The molecular formula is C10H8BrNO. The molecule has 0 unspecified atom stereocenters. The molecule has 0 saturated carbocycles. The molecule has 0 radical (unpaired) electrons. The number of oxazole rings is 1. The first-order chi connectivity index (χ1) is 6.25. The molecule has 0 atom stereocenters. The largest absolute Gasteiger partial charge is 0.431 e. The van der Waals surface area contributed by atoms with Crippen LogP contribution in [-0.4, -0.2) is 4.98 Å². The summed E-state index contributed by atoms with van der Waals surface area (Å²) in [7, 11) is 0. The first kappa shape index (κ1) is 8.51. The molecule has 2 aromatic rings. The van der Waals surface area contributed by atoms with E-state index in [4.69, 9.17) is 4.42 Å². The molecule has 13 heavy (non-hydrogen) atoms. The molecule has 0 aliphatic heterocycles. The van der Waals surface area contributed by atoms with Gasteiger partial charge in [0.15, 0.2) is 5.76 Å². The van der Waals surface area contributed by atoms with Crippen LogP contribution in [0.15, 0.2) is 39.7 Å². The number of rotatable bonds is 1. The van der Waals surface area contributed by atoms with E-state index in [2.05, 4.69) is 27.8 Å². The van der Waals surface area contributed by atoms with Crippen molar-refractivity contribution in [2.24, 2.45) is 0 Å². The van der Waals surface area contributed by atoms with Gasteiger partial charge < -0.3 is 4.42 Å². The lowest BCUT2D eigenvalue weighted by Crippen LogP contribution is -1.74. The van der Waals surface area contributed by atoms with Crippen LogP contribution in [0.4, 0.5) is 0 Å². The normalized spacial score (nSPS) is 10.3. The van der Waals surface area contributed by atoms with Crippen LogP contribution in [-0.2, 0) is 0 Å². The Morgan fingerprint density at radius 3 is 2.46 bits per heavy atom. The zero-order valence-electron chi connectivity index (χ0n) is 7.12. The van der Waals surface area contributed by atoms with Crippen LogP contribution >= 0.6 is 15.9 Å². The van der Waals surface area contributed by atoms with Gasteiger partial charge in [0.05, 0.1) is 6.20 Å². The Kier molecular flexibility index (Phi) is 2.19. The van der Waals surface area contributed by atoms with Crippen LogP contribution in [0.25, 0.3) is 11.3 Å². The van der Waals surface area contributed by atoms with Gasteiger partial charge in [-0.15, -0.1) is 0 Å². The first-order valence-electron chi connectivity index (χ1n) is 3.94. The van der Waals surface area contributed by atoms with Crippen LogP contribution in [0.2, 0.25) is 0 Å². The van der Waals surface area contributed by atoms with Crippen LogP contribution in [0.3, 0.4) is 0 Å². The minimum absolute atomic E-state index is 0.517. The Morgan fingerprint density at radius 2 is 1.92 bits per heavy atom. The molecule has 66 valence electrons. The van der Waals surface area contributed by atoms with Gasteiger partial charge in [0.1, 0.15) is 0 Å². The minimum atomic E-state index is 0.517. The van der Waals surface area contributed by atoms with Gasteiger partial charge >= 0.3 is 0 Å². The van der Waals surface area contributed by atoms with Crippen molar-refractivity contribution in [3.8, 4) is 11.3 Å². The summed E-state index contributed by atoms with van der Waals surface area (Å²) < 4.78 is 5.31. The standard InChI is InChI=1S/C10H8BrNO/c1-7-2-4-8(5-3-7)9-6-12-10(11)13-9/h2-6H,1H3. The molecule has 2 nitrogen and oxygen atoms in total. The fourth-order valence-electron chi connectivity index (χ4n) is 1.10. The maximum Gasteiger partial charge on any atom is 0.264 e. The molecule has 1 aromatic heterocycles. The Hall–Kier alpha value is -1.09. The minimum Gasteiger partial charge on any atom is -0.431 e. The summed E-state index contributed by atoms with van der Waals surface area (Å²) in [4.78, 5) is 4.48. The summed E-state index contributed by atoms with van der Waals surface area (Å²) in [6.07, 6.45) is 1.70. The molecule has 0 amide bonds. The summed E-state index contributed by atoms with van der Waals surface area (Å²) in [5, 5.41) is 0. The second-order valence-corrected chi connectivity index (χ2v) is 3.52. The van der Waals surface area contributed by atoms with Crippen molar-refractivity contribution in [1.82, 2.24) is 4.98 Å². The van der Waals surface area contributed by atoms with Gasteiger partial charge in [0.2, 0.25) is 0 Å². The summed E-state index contributed by atoms with van der Waals surface area (Å²) >= 11 is 3.17. The average molecular weight is 238 g/mol. The highest BCUT2D eigenvalue weighted by molar-refractivity contribution is 9.10. The lowest BCUT2D eigenvalue weighted by Gasteiger charge is -1.95. The molecule has 0 fully saturated rings. The van der Waals surface area contributed by atoms with E-state index in [-0.39, 0.29) is 0 Å². The molecule has 1 heterocycles. The highest BCUT2D eigenvalue weighted by Crippen LogP contribution is 2.22. The van der Waals surface area contributed by atoms with Crippen molar-refractivity contribution in [3.63, 3.8) is 0 Å². The Balaban J connectivity index is 2.41. The monoisotopic (exact) mass is 237 g/mol. The fourth-order valence-corrected chi connectivity index (χ4v) is 1.38. The van der Waals surface area contributed by atoms with Crippen LogP contribution in [0, 0.1) is 6.92 Å². The molecule has 3 heteroatoms. The Bertz CT molecular complexity index is 405. The number of hydrogen-bond donors (Lipinski definition) is 0. The topological polar surface area (TPSA) is 26.0 Å². The molecule has 0 saturated heterocycles. The van der Waals surface area contributed by atoms with Crippen molar-refractivity contribution < 1.29 is 4.42 Å². The van der Waals surface area contributed by atoms with Crippen molar-refractivity contribution >= 4 is 15.9 Å². The number of aromatic nitrogens is 1. The van der Waals surface area contributed by atoms with Crippen LogP contribution in [0.1, 0.15) is 5.56 Å². The Labute approximate surface area is 84.7 Å². The van der Waals surface area contributed by atoms with Gasteiger partial charge in [-0.25, -0.2) is 4.98 Å². The summed E-state index contributed by atoms with van der Waals surface area (Å²) in [5.41, 5.74) is 2.28. The van der Waals surface area contributed by atoms with Gasteiger partial charge in [0, 0.05) is 21.5 Å². The summed E-state index contributed by atoms with van der Waals surface area (Å²) in [6, 6.07) is 8.13. The zero-order chi connectivity index (χ0) is 9.26. The van der Waals surface area contributed by atoms with Gasteiger partial charge in [-0.2, -0.15) is 0 Å². The number of hydrogen-bond acceptors (Lipinski definition) is 2. The molecular weight excluding hydrogens is 230 g/mol. The third-order valence-electron chi connectivity index (χ3n) is 1.81. The molecule has 0 aliphatic rings. The second kappa shape index (κ2) is 3.34. The number of aryl methyl sites for hydroxylation is 1. The first-order valence-corrected chi connectivity index (χ1v) is 4.73. The molecule has 1 aromatic carbocycles. The summed E-state index contributed by atoms with van der Waals surface area (Å²) in [6.45, 7) is 2.06. The third-order valence-corrected chi connectivity index (χ3v) is 2.18. The number of halogens is 1. The van der Waals surface area contributed by atoms with E-state index < -0.39 is 0 Å². The third kappa shape index (κ3) is 1.80. The SMILES string of the molecule is Cc1ccc(-c2cnc(Br)o2)cc1. The predicted octanol–water partition coefficient (Wildman–Crippen LogP) is 3.41. The molecule has 0 bridgehead atoms. The van der Waals surface area contributed by atoms with E-state index in [0.717, 1.165) is 11.3 Å². The second-order valence-electron chi connectivity index (χ2n) is 2.84. The predicted molar refractivity (Wildman–Crippen MR) is 54.4 cm³/mol. The highest BCUT2D eigenvalue weighted by Gasteiger charge is 2.02. The van der Waals surface area contributed by atoms with Crippen molar-refractivity contribution in [1.29, 1.82) is 0 Å². The van der Waals surface area contributed by atoms with Crippen molar-refractivity contribution in [2.75, 3.05) is 0 Å². The van der Waals surface area contributed by atoms with Crippen LogP contribution < -0.4 is 0 Å². The van der Waals surface area contributed by atoms with E-state index in [1.54, 1.807) is 6.20 Å². The van der Waals surface area contributed by atoms with E-state index >= 15 is 0 Å². The fraction of sp³-hybridized carbons (Fsp3) is 0.100. The maximum absolute atomic E-state index is 5.31. The van der Waals surface area contributed by atoms with Gasteiger partial charge in [-0.3, -0.25) is 0 Å². The van der Waals surface area contributed by atoms with E-state index in [0.29, 0.717) is 4.80 Å². The smallest absolute Gasteiger partial charge is 0.264 e. The van der Waals surface area contributed by atoms with Gasteiger partial charge in [-0.1, -0.05) is 29.8 Å². The average Bonchev–Trinajstić information content (AvgIpc) is 2.53. The van der Waals surface area contributed by atoms with E-state index in [9.17, 15) is 0 Å². The van der Waals surface area contributed by atoms with E-state index in [1.165, 1.54) is 5.56 Å². The molecule has 0 aliphatic carbocycles. The quantitative estimate of drug-likeness (QED) is 0.760. The lowest BCUT2D eigenvalue weighted by atomic mass is 10.1. The Morgan fingerprint density at radius 1 is 1.23 bits per heavy atom. The highest BCUT2D eigenvalue weighted by atomic mass is 79.9. The number of nitrogens with zero attached hydrogens (tertiary/aromatic N) is 1. The van der Waals surface area contributed by atoms with Gasteiger partial charge in [0.25, 0.3) is 4.80 Å². The van der Waals surface area contributed by atoms with E-state index in [1.807, 2.05) is 24.3 Å². The van der Waals surface area contributed by atoms with Gasteiger partial charge in [-0.05, 0) is 6.92 Å². The number of benzene rings is 1. The molecule has 2 rings (SSSR count). The maximum atomic E-state index is 5.31. The molecule has 0 N–H and O–H groups in total. The van der Waals surface area contributed by atoms with Crippen molar-refractivity contribution in [2.45, 2.75) is 6.92 Å².